The quantitative estimate of drug-likeness (QED) is 0.279. The maximum absolute atomic E-state index is 12.3. The normalized spacial score (nSPS) is 15.5. The highest BCUT2D eigenvalue weighted by Crippen LogP contribution is 2.21. The van der Waals surface area contributed by atoms with E-state index in [4.69, 9.17) is 0 Å². The first-order chi connectivity index (χ1) is 12.8. The van der Waals surface area contributed by atoms with E-state index < -0.39 is 0 Å². The highest BCUT2D eigenvalue weighted by molar-refractivity contribution is 14.0. The summed E-state index contributed by atoms with van der Waals surface area (Å²) in [6.45, 7) is 9.71. The molecule has 0 unspecified atom stereocenters. The molecule has 0 saturated carbocycles. The molecule has 0 radical (unpaired) electrons. The number of hydrogen-bond acceptors (Lipinski definition) is 3. The van der Waals surface area contributed by atoms with Gasteiger partial charge in [0.25, 0.3) is 0 Å². The van der Waals surface area contributed by atoms with Crippen LogP contribution in [0.4, 0.5) is 5.69 Å². The molecule has 1 heterocycles. The van der Waals surface area contributed by atoms with E-state index in [-0.39, 0.29) is 42.0 Å². The minimum Gasteiger partial charge on any atom is -0.355 e. The minimum absolute atomic E-state index is 0. The standard InChI is InChI=1S/C20H32BrN5O.HI/c1-15-8-9-16(21)12-17(15)25-18(27)13-23-19(22-4)24-14-20(2,3)26-10-6-5-7-11-26;/h8-9,12H,5-7,10-11,13-14H2,1-4H3,(H,25,27)(H2,22,23,24);1H. The summed E-state index contributed by atoms with van der Waals surface area (Å²) in [4.78, 5) is 19.0. The number of nitrogens with zero attached hydrogens (tertiary/aromatic N) is 2. The Morgan fingerprint density at radius 2 is 1.89 bits per heavy atom. The lowest BCUT2D eigenvalue weighted by molar-refractivity contribution is -0.115. The topological polar surface area (TPSA) is 68.8 Å². The van der Waals surface area contributed by atoms with Gasteiger partial charge in [-0.05, 0) is 64.4 Å². The molecule has 158 valence electrons. The highest BCUT2D eigenvalue weighted by Gasteiger charge is 2.27. The van der Waals surface area contributed by atoms with Crippen molar-refractivity contribution in [3.05, 3.63) is 28.2 Å². The fraction of sp³-hybridized carbons (Fsp3) is 0.600. The number of carbonyl (C=O) groups excluding carboxylic acids is 1. The van der Waals surface area contributed by atoms with Crippen LogP contribution in [0.1, 0.15) is 38.7 Å². The van der Waals surface area contributed by atoms with Gasteiger partial charge in [-0.3, -0.25) is 14.7 Å². The number of anilines is 1. The number of halogens is 2. The lowest BCUT2D eigenvalue weighted by Gasteiger charge is -2.41. The molecule has 1 fully saturated rings. The molecular weight excluding hydrogens is 533 g/mol. The van der Waals surface area contributed by atoms with Crippen LogP contribution in [-0.4, -0.2) is 55.5 Å². The summed E-state index contributed by atoms with van der Waals surface area (Å²) in [6.07, 6.45) is 3.87. The van der Waals surface area contributed by atoms with Crippen LogP contribution in [0.5, 0.6) is 0 Å². The Hall–Kier alpha value is -0.870. The van der Waals surface area contributed by atoms with Gasteiger partial charge in [0, 0.05) is 29.3 Å². The number of amides is 1. The monoisotopic (exact) mass is 565 g/mol. The van der Waals surface area contributed by atoms with Crippen LogP contribution >= 0.6 is 39.9 Å². The van der Waals surface area contributed by atoms with Gasteiger partial charge >= 0.3 is 0 Å². The number of piperidine rings is 1. The van der Waals surface area contributed by atoms with E-state index in [2.05, 4.69) is 55.6 Å². The van der Waals surface area contributed by atoms with Crippen LogP contribution in [0.3, 0.4) is 0 Å². The van der Waals surface area contributed by atoms with Gasteiger partial charge in [-0.2, -0.15) is 0 Å². The Morgan fingerprint density at radius 1 is 1.21 bits per heavy atom. The smallest absolute Gasteiger partial charge is 0.243 e. The number of carbonyl (C=O) groups is 1. The molecule has 3 N–H and O–H groups in total. The molecule has 8 heteroatoms. The minimum atomic E-state index is -0.102. The van der Waals surface area contributed by atoms with E-state index >= 15 is 0 Å². The van der Waals surface area contributed by atoms with E-state index in [0.29, 0.717) is 5.96 Å². The zero-order valence-electron chi connectivity index (χ0n) is 17.3. The number of aliphatic imine (C=N–C) groups is 1. The second-order valence-corrected chi connectivity index (χ2v) is 8.56. The van der Waals surface area contributed by atoms with Crippen molar-refractivity contribution in [1.82, 2.24) is 15.5 Å². The number of rotatable bonds is 6. The Morgan fingerprint density at radius 3 is 2.54 bits per heavy atom. The summed E-state index contributed by atoms with van der Waals surface area (Å²) in [6, 6.07) is 5.83. The third kappa shape index (κ3) is 7.87. The van der Waals surface area contributed by atoms with Crippen molar-refractivity contribution in [2.24, 2.45) is 4.99 Å². The van der Waals surface area contributed by atoms with E-state index in [9.17, 15) is 4.79 Å². The van der Waals surface area contributed by atoms with E-state index in [1.165, 1.54) is 19.3 Å². The van der Waals surface area contributed by atoms with Crippen LogP contribution in [0, 0.1) is 6.92 Å². The van der Waals surface area contributed by atoms with Gasteiger partial charge in [0.15, 0.2) is 5.96 Å². The largest absolute Gasteiger partial charge is 0.355 e. The molecule has 0 atom stereocenters. The first-order valence-electron chi connectivity index (χ1n) is 9.57. The van der Waals surface area contributed by atoms with Crippen molar-refractivity contribution in [3.8, 4) is 0 Å². The zero-order valence-corrected chi connectivity index (χ0v) is 21.2. The van der Waals surface area contributed by atoms with Crippen molar-refractivity contribution in [1.29, 1.82) is 0 Å². The van der Waals surface area contributed by atoms with E-state index in [1.54, 1.807) is 7.05 Å². The predicted octanol–water partition coefficient (Wildman–Crippen LogP) is 3.74. The maximum Gasteiger partial charge on any atom is 0.243 e. The van der Waals surface area contributed by atoms with Gasteiger partial charge in [-0.25, -0.2) is 0 Å². The maximum atomic E-state index is 12.3. The molecule has 0 aliphatic carbocycles. The van der Waals surface area contributed by atoms with Crippen LogP contribution in [0.15, 0.2) is 27.7 Å². The fourth-order valence-electron chi connectivity index (χ4n) is 3.22. The molecule has 1 amide bonds. The van der Waals surface area contributed by atoms with Crippen LogP contribution in [-0.2, 0) is 4.79 Å². The van der Waals surface area contributed by atoms with Gasteiger partial charge in [0.1, 0.15) is 0 Å². The van der Waals surface area contributed by atoms with E-state index in [1.807, 2.05) is 25.1 Å². The lowest BCUT2D eigenvalue weighted by atomic mass is 9.98. The summed E-state index contributed by atoms with van der Waals surface area (Å²) in [7, 11) is 1.72. The van der Waals surface area contributed by atoms with Crippen molar-refractivity contribution in [2.45, 2.75) is 45.6 Å². The van der Waals surface area contributed by atoms with Gasteiger partial charge < -0.3 is 16.0 Å². The molecule has 1 aliphatic rings. The van der Waals surface area contributed by atoms with E-state index in [0.717, 1.165) is 35.4 Å². The average molecular weight is 566 g/mol. The first kappa shape index (κ1) is 25.2. The van der Waals surface area contributed by atoms with Gasteiger partial charge in [-0.1, -0.05) is 28.4 Å². The van der Waals surface area contributed by atoms with Crippen molar-refractivity contribution in [3.63, 3.8) is 0 Å². The van der Waals surface area contributed by atoms with Crippen LogP contribution in [0.2, 0.25) is 0 Å². The number of likely N-dealkylation sites (tertiary alicyclic amines) is 1. The molecule has 6 nitrogen and oxygen atoms in total. The molecule has 28 heavy (non-hydrogen) atoms. The zero-order chi connectivity index (χ0) is 19.9. The van der Waals surface area contributed by atoms with Crippen LogP contribution < -0.4 is 16.0 Å². The lowest BCUT2D eigenvalue weighted by Crippen LogP contribution is -2.55. The van der Waals surface area contributed by atoms with Gasteiger partial charge in [0.05, 0.1) is 6.54 Å². The fourth-order valence-corrected chi connectivity index (χ4v) is 3.58. The van der Waals surface area contributed by atoms with Crippen molar-refractivity contribution >= 4 is 57.5 Å². The second-order valence-electron chi connectivity index (χ2n) is 7.65. The Kier molecular flexibility index (Phi) is 10.8. The second kappa shape index (κ2) is 12.0. The SMILES string of the molecule is CN=C(NCC(=O)Nc1cc(Br)ccc1C)NCC(C)(C)N1CCCCC1.I. The third-order valence-electron chi connectivity index (χ3n) is 5.01. The molecule has 1 aromatic rings. The summed E-state index contributed by atoms with van der Waals surface area (Å²) in [5.74, 6) is 0.538. The Balaban J connectivity index is 0.00000392. The highest BCUT2D eigenvalue weighted by atomic mass is 127. The van der Waals surface area contributed by atoms with Crippen LogP contribution in [0.25, 0.3) is 0 Å². The number of nitrogens with one attached hydrogen (secondary N) is 3. The molecule has 0 spiro atoms. The summed E-state index contributed by atoms with van der Waals surface area (Å²) in [5, 5.41) is 9.38. The summed E-state index contributed by atoms with van der Waals surface area (Å²) in [5.41, 5.74) is 1.89. The number of aryl methyl sites for hydroxylation is 1. The predicted molar refractivity (Wildman–Crippen MR) is 132 cm³/mol. The Bertz CT molecular complexity index is 675. The summed E-state index contributed by atoms with van der Waals surface area (Å²) >= 11 is 3.43. The average Bonchev–Trinajstić information content (AvgIpc) is 2.65. The molecule has 0 aromatic heterocycles. The molecule has 2 rings (SSSR count). The van der Waals surface area contributed by atoms with Gasteiger partial charge in [-0.15, -0.1) is 24.0 Å². The van der Waals surface area contributed by atoms with Crippen molar-refractivity contribution in [2.75, 3.05) is 38.5 Å². The Labute approximate surface area is 194 Å². The van der Waals surface area contributed by atoms with Gasteiger partial charge in [0.2, 0.25) is 5.91 Å². The number of guanidine groups is 1. The molecule has 0 bridgehead atoms. The molecule has 1 aromatic carbocycles. The molecular formula is C20H33BrIN5O. The molecule has 1 aliphatic heterocycles. The summed E-state index contributed by atoms with van der Waals surface area (Å²) < 4.78 is 0.939. The third-order valence-corrected chi connectivity index (χ3v) is 5.51. The van der Waals surface area contributed by atoms with Crippen molar-refractivity contribution < 1.29 is 4.79 Å². The number of hydrogen-bond donors (Lipinski definition) is 3. The first-order valence-corrected chi connectivity index (χ1v) is 10.4. The number of benzene rings is 1. The molecule has 1 saturated heterocycles.